The number of carbonyl (C=O) groups is 3. The largest absolute Gasteiger partial charge is 0.477 e. The van der Waals surface area contributed by atoms with Crippen molar-refractivity contribution in [2.75, 3.05) is 41.0 Å². The van der Waals surface area contributed by atoms with Gasteiger partial charge in [0.25, 0.3) is 0 Å². The molecule has 0 aliphatic rings. The number of allylic oxidation sites excluding steroid dienone is 4. The average Bonchev–Trinajstić information content (AvgIpc) is 2.96. The van der Waals surface area contributed by atoms with Gasteiger partial charge in [-0.3, -0.25) is 9.59 Å². The maximum Gasteiger partial charge on any atom is 0.362 e. The summed E-state index contributed by atoms with van der Waals surface area (Å²) in [5.41, 5.74) is 0. The van der Waals surface area contributed by atoms with Crippen LogP contribution in [-0.4, -0.2) is 80.6 Å². The number of quaternary nitrogens is 1. The first kappa shape index (κ1) is 41.8. The zero-order valence-electron chi connectivity index (χ0n) is 28.9. The predicted molar refractivity (Wildman–Crippen MR) is 178 cm³/mol. The van der Waals surface area contributed by atoms with Gasteiger partial charge >= 0.3 is 17.9 Å². The maximum atomic E-state index is 12.6. The van der Waals surface area contributed by atoms with E-state index in [4.69, 9.17) is 14.2 Å². The van der Waals surface area contributed by atoms with Crippen molar-refractivity contribution in [3.8, 4) is 0 Å². The van der Waals surface area contributed by atoms with E-state index in [9.17, 15) is 19.5 Å². The van der Waals surface area contributed by atoms with Crippen LogP contribution in [0.4, 0.5) is 0 Å². The standard InChI is InChI=1S/C36H65NO7/c1-6-8-10-12-14-15-16-17-18-19-20-21-23-25-27-35(39)44-32(30-42-29-28-33(36(40)41)37(3,4)5)31-43-34(38)26-24-22-13-11-9-7-2/h12,14,16-17,32-33H,6-11,13,15,18-31H2,1-5H3/p+1/b14-12-,17-16-. The third-order valence-electron chi connectivity index (χ3n) is 7.60. The van der Waals surface area contributed by atoms with E-state index in [2.05, 4.69) is 38.2 Å². The molecular weight excluding hydrogens is 558 g/mol. The van der Waals surface area contributed by atoms with E-state index in [0.717, 1.165) is 64.2 Å². The van der Waals surface area contributed by atoms with E-state index in [1.807, 2.05) is 21.1 Å². The number of nitrogens with zero attached hydrogens (tertiary/aromatic N) is 1. The summed E-state index contributed by atoms with van der Waals surface area (Å²) in [7, 11) is 5.50. The quantitative estimate of drug-likeness (QED) is 0.0372. The molecule has 44 heavy (non-hydrogen) atoms. The van der Waals surface area contributed by atoms with E-state index in [1.165, 1.54) is 38.5 Å². The highest BCUT2D eigenvalue weighted by atomic mass is 16.6. The van der Waals surface area contributed by atoms with Crippen LogP contribution in [0.15, 0.2) is 24.3 Å². The van der Waals surface area contributed by atoms with Gasteiger partial charge in [0.2, 0.25) is 0 Å². The Morgan fingerprint density at radius 2 is 1.23 bits per heavy atom. The number of carboxylic acid groups (broad SMARTS) is 1. The van der Waals surface area contributed by atoms with Crippen molar-refractivity contribution in [2.24, 2.45) is 0 Å². The minimum atomic E-state index is -0.880. The Balaban J connectivity index is 4.44. The van der Waals surface area contributed by atoms with Gasteiger partial charge in [-0.25, -0.2) is 4.79 Å². The first-order valence-corrected chi connectivity index (χ1v) is 17.4. The summed E-state index contributed by atoms with van der Waals surface area (Å²) in [5.74, 6) is -1.50. The van der Waals surface area contributed by atoms with Gasteiger partial charge in [0.05, 0.1) is 34.4 Å². The molecule has 0 saturated carbocycles. The number of carboxylic acids is 1. The normalized spacial score (nSPS) is 13.4. The fourth-order valence-corrected chi connectivity index (χ4v) is 4.81. The lowest BCUT2D eigenvalue weighted by molar-refractivity contribution is -0.887. The van der Waals surface area contributed by atoms with Gasteiger partial charge in [0.15, 0.2) is 12.1 Å². The van der Waals surface area contributed by atoms with Crippen LogP contribution in [-0.2, 0) is 28.6 Å². The molecule has 0 spiro atoms. The van der Waals surface area contributed by atoms with Gasteiger partial charge in [-0.2, -0.15) is 0 Å². The lowest BCUT2D eigenvalue weighted by Crippen LogP contribution is -2.50. The number of esters is 2. The van der Waals surface area contributed by atoms with Crippen LogP contribution in [0.25, 0.3) is 0 Å². The van der Waals surface area contributed by atoms with E-state index in [1.54, 1.807) is 0 Å². The van der Waals surface area contributed by atoms with Crippen LogP contribution in [0.1, 0.15) is 136 Å². The summed E-state index contributed by atoms with van der Waals surface area (Å²) in [5, 5.41) is 9.53. The molecule has 2 unspecified atom stereocenters. The van der Waals surface area contributed by atoms with Crippen molar-refractivity contribution >= 4 is 17.9 Å². The Morgan fingerprint density at radius 3 is 1.82 bits per heavy atom. The van der Waals surface area contributed by atoms with Crippen LogP contribution >= 0.6 is 0 Å². The molecule has 2 atom stereocenters. The van der Waals surface area contributed by atoms with Crippen LogP contribution in [0.3, 0.4) is 0 Å². The van der Waals surface area contributed by atoms with Gasteiger partial charge in [-0.15, -0.1) is 0 Å². The highest BCUT2D eigenvalue weighted by molar-refractivity contribution is 5.72. The molecule has 0 heterocycles. The molecule has 0 bridgehead atoms. The molecule has 256 valence electrons. The molecule has 0 aliphatic carbocycles. The maximum absolute atomic E-state index is 12.6. The zero-order chi connectivity index (χ0) is 32.9. The predicted octanol–water partition coefficient (Wildman–Crippen LogP) is 8.18. The summed E-state index contributed by atoms with van der Waals surface area (Å²) in [6, 6.07) is -0.611. The molecule has 0 aromatic carbocycles. The number of aliphatic carboxylic acids is 1. The SMILES string of the molecule is CCCC/C=C\C/C=C\CCCCCCCC(=O)OC(COCCC(C(=O)O)[N+](C)(C)C)COC(=O)CCCCCCCC. The second-order valence-electron chi connectivity index (χ2n) is 12.8. The van der Waals surface area contributed by atoms with Gasteiger partial charge in [-0.1, -0.05) is 102 Å². The van der Waals surface area contributed by atoms with Crippen molar-refractivity contribution < 1.29 is 38.2 Å². The number of rotatable bonds is 30. The summed E-state index contributed by atoms with van der Waals surface area (Å²) in [6.45, 7) is 4.59. The monoisotopic (exact) mass is 624 g/mol. The second kappa shape index (κ2) is 28.3. The fraction of sp³-hybridized carbons (Fsp3) is 0.806. The van der Waals surface area contributed by atoms with Crippen LogP contribution in [0, 0.1) is 0 Å². The third kappa shape index (κ3) is 26.2. The topological polar surface area (TPSA) is 99.1 Å². The lowest BCUT2D eigenvalue weighted by atomic mass is 10.1. The molecule has 0 radical (unpaired) electrons. The van der Waals surface area contributed by atoms with Crippen molar-refractivity contribution in [1.82, 2.24) is 0 Å². The Hall–Kier alpha value is -2.19. The summed E-state index contributed by atoms with van der Waals surface area (Å²) in [6.07, 6.45) is 26.6. The molecule has 1 N–H and O–H groups in total. The first-order valence-electron chi connectivity index (χ1n) is 17.4. The Morgan fingerprint density at radius 1 is 0.682 bits per heavy atom. The number of hydrogen-bond acceptors (Lipinski definition) is 6. The van der Waals surface area contributed by atoms with E-state index in [-0.39, 0.29) is 36.2 Å². The number of carbonyl (C=O) groups excluding carboxylic acids is 2. The van der Waals surface area contributed by atoms with Gasteiger partial charge in [0.1, 0.15) is 6.61 Å². The minimum Gasteiger partial charge on any atom is -0.477 e. The summed E-state index contributed by atoms with van der Waals surface area (Å²) < 4.78 is 17.1. The molecule has 8 heteroatoms. The first-order chi connectivity index (χ1) is 21.1. The van der Waals surface area contributed by atoms with Crippen molar-refractivity contribution in [3.05, 3.63) is 24.3 Å². The summed E-state index contributed by atoms with van der Waals surface area (Å²) >= 11 is 0. The van der Waals surface area contributed by atoms with Crippen molar-refractivity contribution in [1.29, 1.82) is 0 Å². The molecule has 0 fully saturated rings. The lowest BCUT2D eigenvalue weighted by Gasteiger charge is -2.31. The molecule has 0 aliphatic heterocycles. The molecule has 0 amide bonds. The molecule has 0 saturated heterocycles. The molecule has 0 aromatic heterocycles. The number of unbranched alkanes of at least 4 members (excludes halogenated alkanes) is 12. The zero-order valence-corrected chi connectivity index (χ0v) is 28.9. The Kier molecular flexibility index (Phi) is 26.9. The average molecular weight is 625 g/mol. The van der Waals surface area contributed by atoms with Crippen LogP contribution in [0.2, 0.25) is 0 Å². The molecule has 8 nitrogen and oxygen atoms in total. The van der Waals surface area contributed by atoms with Gasteiger partial charge < -0.3 is 23.8 Å². The Labute approximate surface area is 269 Å². The summed E-state index contributed by atoms with van der Waals surface area (Å²) in [4.78, 5) is 36.5. The van der Waals surface area contributed by atoms with Crippen molar-refractivity contribution in [2.45, 2.75) is 148 Å². The number of hydrogen-bond donors (Lipinski definition) is 1. The fourth-order valence-electron chi connectivity index (χ4n) is 4.81. The van der Waals surface area contributed by atoms with Gasteiger partial charge in [-0.05, 0) is 38.5 Å². The minimum absolute atomic E-state index is 0.0554. The third-order valence-corrected chi connectivity index (χ3v) is 7.60. The van der Waals surface area contributed by atoms with E-state index in [0.29, 0.717) is 19.3 Å². The number of likely N-dealkylation sites (N-methyl/N-ethyl adjacent to an activating group) is 1. The van der Waals surface area contributed by atoms with Gasteiger partial charge in [0, 0.05) is 19.3 Å². The highest BCUT2D eigenvalue weighted by Gasteiger charge is 2.31. The molecule has 0 rings (SSSR count). The second-order valence-corrected chi connectivity index (χ2v) is 12.8. The number of ether oxygens (including phenoxy) is 3. The Bertz CT molecular complexity index is 788. The molecular formula is C36H66NO7+. The molecule has 0 aromatic rings. The highest BCUT2D eigenvalue weighted by Crippen LogP contribution is 2.12. The van der Waals surface area contributed by atoms with Crippen LogP contribution < -0.4 is 0 Å². The van der Waals surface area contributed by atoms with Crippen molar-refractivity contribution in [3.63, 3.8) is 0 Å². The van der Waals surface area contributed by atoms with E-state index < -0.39 is 18.1 Å². The van der Waals surface area contributed by atoms with Crippen LogP contribution in [0.5, 0.6) is 0 Å². The van der Waals surface area contributed by atoms with E-state index >= 15 is 0 Å². The smallest absolute Gasteiger partial charge is 0.362 e.